The maximum atomic E-state index is 2.43. The van der Waals surface area contributed by atoms with E-state index >= 15 is 0 Å². The number of rotatable bonds is 7. The van der Waals surface area contributed by atoms with Crippen LogP contribution in [0.1, 0.15) is 0 Å². The number of anilines is 3. The highest BCUT2D eigenvalue weighted by atomic mass is 15.1. The fraction of sp³-hybridized carbons (Fsp3) is 0. The van der Waals surface area contributed by atoms with Gasteiger partial charge >= 0.3 is 0 Å². The van der Waals surface area contributed by atoms with Crippen LogP contribution in [0.4, 0.5) is 17.1 Å². The van der Waals surface area contributed by atoms with Gasteiger partial charge in [0.05, 0.1) is 16.7 Å². The lowest BCUT2D eigenvalue weighted by Gasteiger charge is -2.27. The number of hydrogen-bond acceptors (Lipinski definition) is 1. The second-order valence-electron chi connectivity index (χ2n) is 17.2. The first-order valence-corrected chi connectivity index (χ1v) is 22.8. The Balaban J connectivity index is 0.952. The quantitative estimate of drug-likeness (QED) is 0.145. The summed E-state index contributed by atoms with van der Waals surface area (Å²) >= 11 is 0. The van der Waals surface area contributed by atoms with Crippen LogP contribution in [0.2, 0.25) is 0 Å². The van der Waals surface area contributed by atoms with E-state index in [2.05, 4.69) is 264 Å². The van der Waals surface area contributed by atoms with E-state index in [4.69, 9.17) is 0 Å². The minimum absolute atomic E-state index is 1.09. The zero-order chi connectivity index (χ0) is 43.6. The molecule has 0 saturated carbocycles. The number of aromatic nitrogens is 1. The fourth-order valence-corrected chi connectivity index (χ4v) is 10.6. The molecule has 0 aliphatic carbocycles. The summed E-state index contributed by atoms with van der Waals surface area (Å²) in [6.45, 7) is 0. The van der Waals surface area contributed by atoms with E-state index in [9.17, 15) is 0 Å². The maximum Gasteiger partial charge on any atom is 0.0541 e. The third kappa shape index (κ3) is 6.11. The Labute approximate surface area is 383 Å². The van der Waals surface area contributed by atoms with Crippen molar-refractivity contribution in [2.24, 2.45) is 0 Å². The van der Waals surface area contributed by atoms with E-state index in [0.29, 0.717) is 0 Å². The van der Waals surface area contributed by atoms with Gasteiger partial charge in [0.15, 0.2) is 0 Å². The van der Waals surface area contributed by atoms with Gasteiger partial charge in [-0.2, -0.15) is 0 Å². The maximum absolute atomic E-state index is 2.43. The molecular weight excluding hydrogens is 797 g/mol. The minimum atomic E-state index is 1.09. The van der Waals surface area contributed by atoms with Gasteiger partial charge < -0.3 is 9.47 Å². The van der Waals surface area contributed by atoms with Crippen LogP contribution in [0.5, 0.6) is 0 Å². The molecule has 0 aliphatic heterocycles. The van der Waals surface area contributed by atoms with Gasteiger partial charge in [0.2, 0.25) is 0 Å². The van der Waals surface area contributed by atoms with Crippen molar-refractivity contribution >= 4 is 82.0 Å². The highest BCUT2D eigenvalue weighted by Crippen LogP contribution is 2.44. The molecule has 13 aromatic rings. The molecule has 2 heteroatoms. The highest BCUT2D eigenvalue weighted by molar-refractivity contribution is 6.26. The van der Waals surface area contributed by atoms with Crippen molar-refractivity contribution in [3.8, 4) is 39.1 Å². The number of nitrogens with zero attached hydrogens (tertiary/aromatic N) is 2. The number of para-hydroxylation sites is 2. The van der Waals surface area contributed by atoms with Gasteiger partial charge in [0.1, 0.15) is 0 Å². The first kappa shape index (κ1) is 37.8. The molecule has 0 radical (unpaired) electrons. The number of hydrogen-bond donors (Lipinski definition) is 0. The number of fused-ring (bicyclic) bond motifs is 10. The van der Waals surface area contributed by atoms with Crippen LogP contribution in [-0.4, -0.2) is 4.57 Å². The Morgan fingerprint density at radius 3 is 1.18 bits per heavy atom. The lowest BCUT2D eigenvalue weighted by atomic mass is 9.93. The molecule has 0 saturated heterocycles. The molecule has 0 aliphatic rings. The van der Waals surface area contributed by atoms with E-state index in [1.807, 2.05) is 0 Å². The van der Waals surface area contributed by atoms with Gasteiger partial charge in [-0.05, 0) is 126 Å². The normalized spacial score (nSPS) is 11.6. The molecular formula is C64H42N2. The molecule has 308 valence electrons. The molecule has 13 rings (SSSR count). The standard InChI is InChI=1S/C64H42N2/c1-2-16-43(17-3-1)49-18-4-5-19-50(49)44-30-34-46(35-31-44)65(48-38-39-57-55-23-7-6-21-53(55)54-22-8-9-24-56(54)61(57)42-48)47-36-32-45(33-37-47)51-40-41-64(58-25-11-10-20-52(51)58)66-62-28-14-12-26-59(62)60-27-13-15-29-63(60)66/h1-42H. The second kappa shape index (κ2) is 15.5. The van der Waals surface area contributed by atoms with Crippen molar-refractivity contribution in [1.82, 2.24) is 4.57 Å². The molecule has 2 nitrogen and oxygen atoms in total. The molecule has 0 N–H and O–H groups in total. The Hall–Kier alpha value is -8.72. The van der Waals surface area contributed by atoms with Crippen LogP contribution in [0.3, 0.4) is 0 Å². The van der Waals surface area contributed by atoms with Crippen LogP contribution in [-0.2, 0) is 0 Å². The topological polar surface area (TPSA) is 8.17 Å². The van der Waals surface area contributed by atoms with Gasteiger partial charge in [-0.1, -0.05) is 200 Å². The van der Waals surface area contributed by atoms with Crippen molar-refractivity contribution < 1.29 is 0 Å². The summed E-state index contributed by atoms with van der Waals surface area (Å²) in [6.07, 6.45) is 0. The summed E-state index contributed by atoms with van der Waals surface area (Å²) in [5, 5.41) is 12.5. The molecule has 0 unspecified atom stereocenters. The monoisotopic (exact) mass is 838 g/mol. The molecule has 12 aromatic carbocycles. The largest absolute Gasteiger partial charge is 0.310 e. The zero-order valence-electron chi connectivity index (χ0n) is 36.1. The highest BCUT2D eigenvalue weighted by Gasteiger charge is 2.19. The van der Waals surface area contributed by atoms with Gasteiger partial charge in [-0.25, -0.2) is 0 Å². The predicted octanol–water partition coefficient (Wildman–Crippen LogP) is 17.9. The fourth-order valence-electron chi connectivity index (χ4n) is 10.6. The molecule has 66 heavy (non-hydrogen) atoms. The summed E-state index contributed by atoms with van der Waals surface area (Å²) in [6, 6.07) is 93.2. The average molecular weight is 839 g/mol. The Bertz CT molecular complexity index is 3890. The number of benzene rings is 12. The SMILES string of the molecule is c1ccc(-c2ccccc2-c2ccc(N(c3ccc(-c4ccc(-n5c6ccccc6c6ccccc65)c5ccccc45)cc3)c3ccc4c5ccccc5c5ccccc5c4c3)cc2)cc1. The molecule has 1 heterocycles. The summed E-state index contributed by atoms with van der Waals surface area (Å²) < 4.78 is 2.43. The predicted molar refractivity (Wildman–Crippen MR) is 282 cm³/mol. The van der Waals surface area contributed by atoms with E-state index in [1.54, 1.807) is 0 Å². The van der Waals surface area contributed by atoms with Crippen LogP contribution in [0.15, 0.2) is 255 Å². The molecule has 1 aromatic heterocycles. The lowest BCUT2D eigenvalue weighted by Crippen LogP contribution is -2.10. The van der Waals surface area contributed by atoms with Gasteiger partial charge in [-0.15, -0.1) is 0 Å². The Kier molecular flexibility index (Phi) is 8.89. The summed E-state index contributed by atoms with van der Waals surface area (Å²) in [4.78, 5) is 2.41. The van der Waals surface area contributed by atoms with E-state index in [1.165, 1.54) is 104 Å². The first-order chi connectivity index (χ1) is 32.8. The van der Waals surface area contributed by atoms with Crippen LogP contribution < -0.4 is 4.90 Å². The van der Waals surface area contributed by atoms with Gasteiger partial charge in [0, 0.05) is 33.2 Å². The lowest BCUT2D eigenvalue weighted by molar-refractivity contribution is 1.20. The van der Waals surface area contributed by atoms with E-state index in [0.717, 1.165) is 17.1 Å². The smallest absolute Gasteiger partial charge is 0.0541 e. The van der Waals surface area contributed by atoms with Gasteiger partial charge in [0.25, 0.3) is 0 Å². The van der Waals surface area contributed by atoms with Crippen molar-refractivity contribution in [2.75, 3.05) is 4.90 Å². The Morgan fingerprint density at radius 2 is 0.621 bits per heavy atom. The van der Waals surface area contributed by atoms with Crippen LogP contribution in [0, 0.1) is 0 Å². The first-order valence-electron chi connectivity index (χ1n) is 22.8. The summed E-state index contributed by atoms with van der Waals surface area (Å²) in [5.74, 6) is 0. The second-order valence-corrected chi connectivity index (χ2v) is 17.2. The summed E-state index contributed by atoms with van der Waals surface area (Å²) in [5.41, 5.74) is 14.1. The van der Waals surface area contributed by atoms with Crippen molar-refractivity contribution in [2.45, 2.75) is 0 Å². The van der Waals surface area contributed by atoms with Gasteiger partial charge in [-0.3, -0.25) is 0 Å². The molecule has 0 fully saturated rings. The molecule has 0 bridgehead atoms. The average Bonchev–Trinajstić information content (AvgIpc) is 3.73. The minimum Gasteiger partial charge on any atom is -0.310 e. The summed E-state index contributed by atoms with van der Waals surface area (Å²) in [7, 11) is 0. The third-order valence-corrected chi connectivity index (χ3v) is 13.6. The van der Waals surface area contributed by atoms with Crippen molar-refractivity contribution in [3.63, 3.8) is 0 Å². The van der Waals surface area contributed by atoms with Crippen LogP contribution in [0.25, 0.3) is 104 Å². The van der Waals surface area contributed by atoms with E-state index in [-0.39, 0.29) is 0 Å². The molecule has 0 spiro atoms. The van der Waals surface area contributed by atoms with Crippen LogP contribution >= 0.6 is 0 Å². The van der Waals surface area contributed by atoms with Crippen molar-refractivity contribution in [1.29, 1.82) is 0 Å². The molecule has 0 amide bonds. The third-order valence-electron chi connectivity index (χ3n) is 13.6. The Morgan fingerprint density at radius 1 is 0.227 bits per heavy atom. The van der Waals surface area contributed by atoms with E-state index < -0.39 is 0 Å². The van der Waals surface area contributed by atoms with Crippen molar-refractivity contribution in [3.05, 3.63) is 255 Å². The molecule has 0 atom stereocenters. The zero-order valence-corrected chi connectivity index (χ0v) is 36.1.